The van der Waals surface area contributed by atoms with Crippen LogP contribution in [0, 0.1) is 6.92 Å². The Kier molecular flexibility index (Phi) is 3.42. The van der Waals surface area contributed by atoms with E-state index in [2.05, 4.69) is 20.1 Å². The molecule has 0 spiro atoms. The molecule has 2 aromatic carbocycles. The zero-order valence-electron chi connectivity index (χ0n) is 14.3. The van der Waals surface area contributed by atoms with E-state index in [1.165, 1.54) is 4.68 Å². The average Bonchev–Trinajstić information content (AvgIpc) is 3.26. The fraction of sp³-hybridized carbons (Fsp3) is 0.0500. The summed E-state index contributed by atoms with van der Waals surface area (Å²) in [5.41, 5.74) is 6.29. The topological polar surface area (TPSA) is 79.4 Å². The number of nitrogens with one attached hydrogen (secondary N) is 2. The summed E-state index contributed by atoms with van der Waals surface area (Å²) in [7, 11) is 0. The van der Waals surface area contributed by atoms with Crippen LogP contribution >= 0.6 is 11.6 Å². The van der Waals surface area contributed by atoms with Crippen molar-refractivity contribution in [2.45, 2.75) is 6.92 Å². The number of fused-ring (bicyclic) bond motifs is 2. The van der Waals surface area contributed by atoms with E-state index in [1.807, 2.05) is 25.1 Å². The largest absolute Gasteiger partial charge is 0.364 e. The summed E-state index contributed by atoms with van der Waals surface area (Å²) in [5.74, 6) is 0. The zero-order chi connectivity index (χ0) is 18.5. The number of aromatic nitrogens is 5. The van der Waals surface area contributed by atoms with Gasteiger partial charge in [0.1, 0.15) is 5.69 Å². The van der Waals surface area contributed by atoms with Crippen molar-refractivity contribution < 1.29 is 0 Å². The molecule has 7 heteroatoms. The number of nitrogens with zero attached hydrogens (tertiary/aromatic N) is 3. The maximum Gasteiger partial charge on any atom is 0.282 e. The summed E-state index contributed by atoms with van der Waals surface area (Å²) < 4.78 is 1.41. The molecule has 0 saturated heterocycles. The van der Waals surface area contributed by atoms with Crippen LogP contribution in [0.4, 0.5) is 0 Å². The predicted octanol–water partition coefficient (Wildman–Crippen LogP) is 4.17. The quantitative estimate of drug-likeness (QED) is 0.486. The van der Waals surface area contributed by atoms with E-state index < -0.39 is 0 Å². The molecule has 0 atom stereocenters. The molecule has 0 radical (unpaired) electrons. The van der Waals surface area contributed by atoms with Gasteiger partial charge in [-0.25, -0.2) is 4.98 Å². The number of halogens is 1. The minimum absolute atomic E-state index is 0.175. The number of aryl methyl sites for hydroxylation is 1. The molecule has 0 amide bonds. The Balaban J connectivity index is 1.77. The van der Waals surface area contributed by atoms with Crippen LogP contribution in [0.1, 0.15) is 5.69 Å². The number of imidazole rings is 1. The first-order chi connectivity index (χ1) is 13.1. The lowest BCUT2D eigenvalue weighted by atomic mass is 9.98. The monoisotopic (exact) mass is 375 g/mol. The van der Waals surface area contributed by atoms with Crippen LogP contribution in [0.2, 0.25) is 5.02 Å². The van der Waals surface area contributed by atoms with Crippen LogP contribution in [0.5, 0.6) is 0 Å². The Labute approximate surface area is 158 Å². The van der Waals surface area contributed by atoms with Crippen LogP contribution < -0.4 is 5.56 Å². The lowest BCUT2D eigenvalue weighted by molar-refractivity contribution is 0.858. The van der Waals surface area contributed by atoms with Gasteiger partial charge in [-0.05, 0) is 48.9 Å². The molecule has 132 valence electrons. The van der Waals surface area contributed by atoms with E-state index in [1.54, 1.807) is 36.8 Å². The molecule has 2 aliphatic rings. The van der Waals surface area contributed by atoms with Gasteiger partial charge in [0, 0.05) is 22.5 Å². The summed E-state index contributed by atoms with van der Waals surface area (Å²) in [4.78, 5) is 23.5. The third-order valence-electron chi connectivity index (χ3n) is 4.70. The second-order valence-electron chi connectivity index (χ2n) is 6.38. The second kappa shape index (κ2) is 5.82. The Morgan fingerprint density at radius 1 is 1.07 bits per heavy atom. The highest BCUT2D eigenvalue weighted by atomic mass is 35.5. The molecular weight excluding hydrogens is 362 g/mol. The molecule has 0 aliphatic carbocycles. The van der Waals surface area contributed by atoms with Crippen LogP contribution in [0.3, 0.4) is 0 Å². The highest BCUT2D eigenvalue weighted by Crippen LogP contribution is 2.33. The standard InChI is InChI=1S/C20H14ClN5O/c1-11-18(12-2-7-16-17(8-12)24-10-23-16)19-15(9-22-11)20(27)26(25-19)14-5-3-13(21)4-6-14/h2-10,22H,1H3,(H,23,24). The molecule has 0 bridgehead atoms. The molecule has 2 aliphatic heterocycles. The minimum Gasteiger partial charge on any atom is -0.364 e. The number of hydrogen-bond acceptors (Lipinski definition) is 3. The summed E-state index contributed by atoms with van der Waals surface area (Å²) in [6.45, 7) is 1.97. The summed E-state index contributed by atoms with van der Waals surface area (Å²) in [6.07, 6.45) is 3.38. The molecular formula is C20H14ClN5O. The highest BCUT2D eigenvalue weighted by molar-refractivity contribution is 6.30. The number of pyridine rings is 1. The van der Waals surface area contributed by atoms with Gasteiger partial charge >= 0.3 is 0 Å². The van der Waals surface area contributed by atoms with Gasteiger partial charge in [-0.3, -0.25) is 4.79 Å². The highest BCUT2D eigenvalue weighted by Gasteiger charge is 2.22. The van der Waals surface area contributed by atoms with Crippen LogP contribution in [-0.2, 0) is 0 Å². The Bertz CT molecular complexity index is 1310. The maximum absolute atomic E-state index is 12.9. The molecule has 5 rings (SSSR count). The fourth-order valence-electron chi connectivity index (χ4n) is 3.36. The molecule has 27 heavy (non-hydrogen) atoms. The van der Waals surface area contributed by atoms with Crippen molar-refractivity contribution in [2.24, 2.45) is 0 Å². The maximum atomic E-state index is 12.9. The van der Waals surface area contributed by atoms with E-state index in [4.69, 9.17) is 11.6 Å². The summed E-state index contributed by atoms with van der Waals surface area (Å²) in [6, 6.07) is 13.0. The fourth-order valence-corrected chi connectivity index (χ4v) is 3.48. The number of benzene rings is 2. The third-order valence-corrected chi connectivity index (χ3v) is 4.96. The van der Waals surface area contributed by atoms with Gasteiger partial charge < -0.3 is 9.97 Å². The third kappa shape index (κ3) is 2.45. The van der Waals surface area contributed by atoms with E-state index in [0.29, 0.717) is 22.0 Å². The SMILES string of the molecule is Cc1[nH]cc2c(=O)n(-c3ccc(Cl)cc3)nc-2c1-c1ccc2[nH]cnc2c1. The van der Waals surface area contributed by atoms with Crippen molar-refractivity contribution in [3.05, 3.63) is 76.1 Å². The molecule has 2 N–H and O–H groups in total. The Morgan fingerprint density at radius 2 is 1.89 bits per heavy atom. The molecule has 3 heterocycles. The van der Waals surface area contributed by atoms with Crippen molar-refractivity contribution >= 4 is 22.6 Å². The van der Waals surface area contributed by atoms with E-state index in [0.717, 1.165) is 27.9 Å². The lowest BCUT2D eigenvalue weighted by Gasteiger charge is -2.10. The first-order valence-electron chi connectivity index (χ1n) is 8.42. The van der Waals surface area contributed by atoms with E-state index in [9.17, 15) is 4.79 Å². The number of rotatable bonds is 2. The van der Waals surface area contributed by atoms with Gasteiger partial charge in [0.15, 0.2) is 0 Å². The van der Waals surface area contributed by atoms with Crippen molar-refractivity contribution in [2.75, 3.05) is 0 Å². The smallest absolute Gasteiger partial charge is 0.282 e. The average molecular weight is 376 g/mol. The second-order valence-corrected chi connectivity index (χ2v) is 6.82. The van der Waals surface area contributed by atoms with Crippen molar-refractivity contribution in [3.8, 4) is 28.1 Å². The zero-order valence-corrected chi connectivity index (χ0v) is 15.1. The molecule has 0 fully saturated rings. The predicted molar refractivity (Wildman–Crippen MR) is 106 cm³/mol. The van der Waals surface area contributed by atoms with Gasteiger partial charge in [-0.15, -0.1) is 0 Å². The minimum atomic E-state index is -0.175. The van der Waals surface area contributed by atoms with Gasteiger partial charge in [0.2, 0.25) is 0 Å². The van der Waals surface area contributed by atoms with E-state index in [-0.39, 0.29) is 5.56 Å². The normalized spacial score (nSPS) is 11.5. The number of H-pyrrole nitrogens is 2. The molecule has 0 unspecified atom stereocenters. The first kappa shape index (κ1) is 15.8. The van der Waals surface area contributed by atoms with Crippen molar-refractivity contribution in [1.29, 1.82) is 0 Å². The van der Waals surface area contributed by atoms with Crippen molar-refractivity contribution in [1.82, 2.24) is 24.7 Å². The number of aromatic amines is 2. The first-order valence-corrected chi connectivity index (χ1v) is 8.80. The van der Waals surface area contributed by atoms with E-state index >= 15 is 0 Å². The Hall–Kier alpha value is -3.38. The summed E-state index contributed by atoms with van der Waals surface area (Å²) in [5, 5.41) is 5.24. The molecule has 0 saturated carbocycles. The molecule has 6 nitrogen and oxygen atoms in total. The molecule has 1 aromatic heterocycles. The van der Waals surface area contributed by atoms with Gasteiger partial charge in [-0.1, -0.05) is 17.7 Å². The lowest BCUT2D eigenvalue weighted by Crippen LogP contribution is -2.14. The van der Waals surface area contributed by atoms with Gasteiger partial charge in [0.25, 0.3) is 5.56 Å². The van der Waals surface area contributed by atoms with Gasteiger partial charge in [0.05, 0.1) is 28.6 Å². The summed E-state index contributed by atoms with van der Waals surface area (Å²) >= 11 is 5.96. The Morgan fingerprint density at radius 3 is 2.70 bits per heavy atom. The van der Waals surface area contributed by atoms with Crippen LogP contribution in [0.15, 0.2) is 59.8 Å². The van der Waals surface area contributed by atoms with Crippen LogP contribution in [0.25, 0.3) is 39.1 Å². The van der Waals surface area contributed by atoms with Crippen LogP contribution in [-0.4, -0.2) is 24.7 Å². The van der Waals surface area contributed by atoms with Gasteiger partial charge in [-0.2, -0.15) is 9.78 Å². The van der Waals surface area contributed by atoms with Crippen molar-refractivity contribution in [3.63, 3.8) is 0 Å². The molecule has 3 aromatic rings. The number of hydrogen-bond donors (Lipinski definition) is 2.